The van der Waals surface area contributed by atoms with Gasteiger partial charge in [-0.1, -0.05) is 24.4 Å². The number of nitrogens with zero attached hydrogens (tertiary/aromatic N) is 3. The first-order chi connectivity index (χ1) is 10.7. The van der Waals surface area contributed by atoms with Gasteiger partial charge in [-0.15, -0.1) is 0 Å². The van der Waals surface area contributed by atoms with E-state index in [2.05, 4.69) is 29.0 Å². The van der Waals surface area contributed by atoms with Gasteiger partial charge in [0.15, 0.2) is 5.82 Å². The van der Waals surface area contributed by atoms with Crippen molar-refractivity contribution in [3.05, 3.63) is 11.7 Å². The number of rotatable bonds is 6. The lowest BCUT2D eigenvalue weighted by Crippen LogP contribution is -2.64. The Morgan fingerprint density at radius 2 is 2.14 bits per heavy atom. The summed E-state index contributed by atoms with van der Waals surface area (Å²) in [6.07, 6.45) is 8.13. The molecule has 0 aromatic carbocycles. The van der Waals surface area contributed by atoms with E-state index in [0.29, 0.717) is 30.0 Å². The van der Waals surface area contributed by atoms with Gasteiger partial charge in [0.1, 0.15) is 0 Å². The van der Waals surface area contributed by atoms with Crippen LogP contribution in [-0.2, 0) is 17.8 Å². The third-order valence-corrected chi connectivity index (χ3v) is 5.50. The van der Waals surface area contributed by atoms with Crippen molar-refractivity contribution in [3.63, 3.8) is 0 Å². The molecular formula is C16H28N4O2. The van der Waals surface area contributed by atoms with Gasteiger partial charge >= 0.3 is 0 Å². The highest BCUT2D eigenvalue weighted by atomic mass is 16.5. The maximum absolute atomic E-state index is 6.03. The molecule has 6 heteroatoms. The average Bonchev–Trinajstić information content (AvgIpc) is 2.99. The predicted molar refractivity (Wildman–Crippen MR) is 83.0 cm³/mol. The Morgan fingerprint density at radius 1 is 1.36 bits per heavy atom. The van der Waals surface area contributed by atoms with Gasteiger partial charge in [-0.3, -0.25) is 4.90 Å². The molecule has 2 saturated carbocycles. The second kappa shape index (κ2) is 6.64. The monoisotopic (exact) mass is 308 g/mol. The van der Waals surface area contributed by atoms with E-state index in [0.717, 1.165) is 25.4 Å². The van der Waals surface area contributed by atoms with E-state index in [1.54, 1.807) is 0 Å². The van der Waals surface area contributed by atoms with Crippen LogP contribution in [0.25, 0.3) is 0 Å². The first-order valence-electron chi connectivity index (χ1n) is 8.53. The van der Waals surface area contributed by atoms with E-state index >= 15 is 0 Å². The van der Waals surface area contributed by atoms with E-state index in [1.165, 1.54) is 32.1 Å². The number of aromatic nitrogens is 2. The Morgan fingerprint density at radius 3 is 2.77 bits per heavy atom. The van der Waals surface area contributed by atoms with Crippen LogP contribution in [0.15, 0.2) is 4.52 Å². The molecular weight excluding hydrogens is 280 g/mol. The van der Waals surface area contributed by atoms with Crippen molar-refractivity contribution < 1.29 is 9.26 Å². The van der Waals surface area contributed by atoms with Crippen LogP contribution >= 0.6 is 0 Å². The van der Waals surface area contributed by atoms with Gasteiger partial charge in [0, 0.05) is 18.1 Å². The minimum absolute atomic E-state index is 0.302. The van der Waals surface area contributed by atoms with Gasteiger partial charge in [-0.05, 0) is 33.2 Å². The summed E-state index contributed by atoms with van der Waals surface area (Å²) in [4.78, 5) is 6.70. The molecule has 0 amide bonds. The summed E-state index contributed by atoms with van der Waals surface area (Å²) in [5.74, 6) is 1.24. The SMILES string of the molecule is CCOC1CC(N(C)Cc2noc(CN)n2)C12CCCCC2. The van der Waals surface area contributed by atoms with Crippen LogP contribution in [-0.4, -0.2) is 40.8 Å². The van der Waals surface area contributed by atoms with E-state index in [9.17, 15) is 0 Å². The molecule has 22 heavy (non-hydrogen) atoms. The largest absolute Gasteiger partial charge is 0.378 e. The fourth-order valence-electron chi connectivity index (χ4n) is 4.42. The summed E-state index contributed by atoms with van der Waals surface area (Å²) in [7, 11) is 2.17. The van der Waals surface area contributed by atoms with Gasteiger partial charge in [0.2, 0.25) is 5.89 Å². The molecule has 0 aliphatic heterocycles. The molecule has 2 unspecified atom stereocenters. The first-order valence-corrected chi connectivity index (χ1v) is 8.53. The summed E-state index contributed by atoms with van der Waals surface area (Å²) in [5.41, 5.74) is 5.86. The molecule has 2 aliphatic carbocycles. The third kappa shape index (κ3) is 2.79. The Kier molecular flexibility index (Phi) is 4.80. The van der Waals surface area contributed by atoms with Crippen molar-refractivity contribution in [2.75, 3.05) is 13.7 Å². The minimum Gasteiger partial charge on any atom is -0.378 e. The van der Waals surface area contributed by atoms with Crippen molar-refractivity contribution in [1.82, 2.24) is 15.0 Å². The molecule has 2 atom stereocenters. The summed E-state index contributed by atoms with van der Waals surface area (Å²) >= 11 is 0. The molecule has 124 valence electrons. The average molecular weight is 308 g/mol. The van der Waals surface area contributed by atoms with Crippen LogP contribution in [0.2, 0.25) is 0 Å². The lowest BCUT2D eigenvalue weighted by Gasteiger charge is -2.60. The van der Waals surface area contributed by atoms with Gasteiger partial charge in [0.05, 0.1) is 19.2 Å². The molecule has 1 aromatic heterocycles. The van der Waals surface area contributed by atoms with Crippen LogP contribution in [0.5, 0.6) is 0 Å². The van der Waals surface area contributed by atoms with Crippen molar-refractivity contribution in [2.24, 2.45) is 11.1 Å². The maximum atomic E-state index is 6.03. The summed E-state index contributed by atoms with van der Waals surface area (Å²) < 4.78 is 11.1. The maximum Gasteiger partial charge on any atom is 0.240 e. The molecule has 2 fully saturated rings. The second-order valence-corrected chi connectivity index (χ2v) is 6.71. The molecule has 3 rings (SSSR count). The minimum atomic E-state index is 0.302. The van der Waals surface area contributed by atoms with Crippen LogP contribution in [0.1, 0.15) is 57.2 Å². The van der Waals surface area contributed by atoms with Crippen molar-refractivity contribution in [3.8, 4) is 0 Å². The third-order valence-electron chi connectivity index (χ3n) is 5.50. The van der Waals surface area contributed by atoms with E-state index in [-0.39, 0.29) is 0 Å². The number of ether oxygens (including phenoxy) is 1. The van der Waals surface area contributed by atoms with Crippen molar-refractivity contribution >= 4 is 0 Å². The Labute approximate surface area is 132 Å². The van der Waals surface area contributed by atoms with Crippen LogP contribution in [0, 0.1) is 5.41 Å². The number of hydrogen-bond donors (Lipinski definition) is 1. The molecule has 6 nitrogen and oxygen atoms in total. The van der Waals surface area contributed by atoms with E-state index in [4.69, 9.17) is 15.0 Å². The topological polar surface area (TPSA) is 77.4 Å². The van der Waals surface area contributed by atoms with Crippen molar-refractivity contribution in [2.45, 2.75) is 70.7 Å². The van der Waals surface area contributed by atoms with E-state index < -0.39 is 0 Å². The van der Waals surface area contributed by atoms with Crippen molar-refractivity contribution in [1.29, 1.82) is 0 Å². The number of hydrogen-bond acceptors (Lipinski definition) is 6. The molecule has 0 radical (unpaired) electrons. The van der Waals surface area contributed by atoms with Gasteiger partial charge in [-0.2, -0.15) is 4.98 Å². The standard InChI is InChI=1S/C16H28N4O2/c1-3-21-13-9-12(16(13)7-5-4-6-8-16)20(2)11-14-18-15(10-17)22-19-14/h12-13H,3-11,17H2,1-2H3. The van der Waals surface area contributed by atoms with Gasteiger partial charge in [0.25, 0.3) is 0 Å². The summed E-state index contributed by atoms with van der Waals surface area (Å²) in [6.45, 7) is 3.93. The Hall–Kier alpha value is -0.980. The first kappa shape index (κ1) is 15.9. The molecule has 2 aliphatic rings. The molecule has 1 spiro atoms. The predicted octanol–water partition coefficient (Wildman–Crippen LogP) is 2.09. The van der Waals surface area contributed by atoms with Gasteiger partial charge < -0.3 is 15.0 Å². The van der Waals surface area contributed by atoms with Crippen LogP contribution in [0.3, 0.4) is 0 Å². The zero-order valence-corrected chi connectivity index (χ0v) is 13.8. The highest BCUT2D eigenvalue weighted by Gasteiger charge is 2.56. The lowest BCUT2D eigenvalue weighted by atomic mass is 9.54. The number of nitrogens with two attached hydrogens (primary N) is 1. The quantitative estimate of drug-likeness (QED) is 0.867. The fraction of sp³-hybridized carbons (Fsp3) is 0.875. The van der Waals surface area contributed by atoms with Gasteiger partial charge in [-0.25, -0.2) is 0 Å². The Bertz CT molecular complexity index is 484. The highest BCUT2D eigenvalue weighted by molar-refractivity contribution is 5.09. The summed E-state index contributed by atoms with van der Waals surface area (Å²) in [5, 5.41) is 4.02. The molecule has 0 saturated heterocycles. The zero-order valence-electron chi connectivity index (χ0n) is 13.8. The normalized spacial score (nSPS) is 27.3. The molecule has 1 aromatic rings. The Balaban J connectivity index is 1.67. The zero-order chi connectivity index (χ0) is 15.6. The van der Waals surface area contributed by atoms with Crippen LogP contribution < -0.4 is 5.73 Å². The fourth-order valence-corrected chi connectivity index (χ4v) is 4.42. The molecule has 2 N–H and O–H groups in total. The smallest absolute Gasteiger partial charge is 0.240 e. The lowest BCUT2D eigenvalue weighted by molar-refractivity contribution is -0.180. The summed E-state index contributed by atoms with van der Waals surface area (Å²) in [6, 6.07) is 0.559. The van der Waals surface area contributed by atoms with Crippen LogP contribution in [0.4, 0.5) is 0 Å². The molecule has 1 heterocycles. The van der Waals surface area contributed by atoms with E-state index in [1.807, 2.05) is 0 Å². The highest BCUT2D eigenvalue weighted by Crippen LogP contribution is 2.55. The molecule has 0 bridgehead atoms. The second-order valence-electron chi connectivity index (χ2n) is 6.71.